The molecule has 0 saturated heterocycles. The van der Waals surface area contributed by atoms with Crippen LogP contribution < -0.4 is 9.64 Å². The van der Waals surface area contributed by atoms with Crippen LogP contribution >= 0.6 is 11.6 Å². The Morgan fingerprint density at radius 2 is 2.16 bits per heavy atom. The van der Waals surface area contributed by atoms with E-state index in [-0.39, 0.29) is 23.2 Å². The van der Waals surface area contributed by atoms with Gasteiger partial charge in [0.1, 0.15) is 5.75 Å². The van der Waals surface area contributed by atoms with Crippen molar-refractivity contribution in [3.63, 3.8) is 0 Å². The van der Waals surface area contributed by atoms with Gasteiger partial charge in [-0.3, -0.25) is 14.9 Å². The summed E-state index contributed by atoms with van der Waals surface area (Å²) in [6, 6.07) is 11.0. The highest BCUT2D eigenvalue weighted by Crippen LogP contribution is 2.31. The van der Waals surface area contributed by atoms with E-state index in [0.29, 0.717) is 30.0 Å². The molecule has 7 nitrogen and oxygen atoms in total. The number of rotatable bonds is 4. The molecule has 8 heteroatoms. The fraction of sp³-hybridized carbons (Fsp3) is 0.176. The summed E-state index contributed by atoms with van der Waals surface area (Å²) in [5.74, 6) is 0.0465. The Kier molecular flexibility index (Phi) is 4.55. The lowest BCUT2D eigenvalue weighted by atomic mass is 10.1. The van der Waals surface area contributed by atoms with Gasteiger partial charge in [0.2, 0.25) is 0 Å². The van der Waals surface area contributed by atoms with Gasteiger partial charge in [-0.1, -0.05) is 11.6 Å². The van der Waals surface area contributed by atoms with Gasteiger partial charge in [0.05, 0.1) is 21.6 Å². The van der Waals surface area contributed by atoms with Gasteiger partial charge in [0.25, 0.3) is 11.6 Å². The summed E-state index contributed by atoms with van der Waals surface area (Å²) in [7, 11) is 0. The molecule has 1 aliphatic heterocycles. The fourth-order valence-corrected chi connectivity index (χ4v) is 2.90. The first kappa shape index (κ1) is 16.7. The summed E-state index contributed by atoms with van der Waals surface area (Å²) >= 11 is 6.01. The number of carbonyl (C=O) groups is 1. The van der Waals surface area contributed by atoms with Crippen LogP contribution in [0.1, 0.15) is 11.1 Å². The zero-order valence-corrected chi connectivity index (χ0v) is 13.7. The van der Waals surface area contributed by atoms with Crippen LogP contribution in [0.4, 0.5) is 11.4 Å². The number of hydrogen-bond acceptors (Lipinski definition) is 5. The van der Waals surface area contributed by atoms with E-state index in [9.17, 15) is 14.9 Å². The van der Waals surface area contributed by atoms with Crippen molar-refractivity contribution in [1.29, 1.82) is 5.26 Å². The Morgan fingerprint density at radius 3 is 2.84 bits per heavy atom. The molecule has 1 amide bonds. The third-order valence-corrected chi connectivity index (χ3v) is 4.18. The van der Waals surface area contributed by atoms with E-state index in [1.165, 1.54) is 29.2 Å². The van der Waals surface area contributed by atoms with Gasteiger partial charge in [0.15, 0.2) is 6.61 Å². The first-order chi connectivity index (χ1) is 12.0. The number of carbonyl (C=O) groups excluding carboxylic acids is 1. The number of fused-ring (bicyclic) bond motifs is 1. The number of halogens is 1. The molecule has 2 aromatic carbocycles. The molecule has 126 valence electrons. The second-order valence-corrected chi connectivity index (χ2v) is 5.82. The van der Waals surface area contributed by atoms with Gasteiger partial charge in [0, 0.05) is 24.4 Å². The molecule has 0 saturated carbocycles. The number of non-ortho nitro benzene ring substituents is 1. The van der Waals surface area contributed by atoms with Crippen molar-refractivity contribution in [3.8, 4) is 11.8 Å². The Labute approximate surface area is 148 Å². The molecule has 0 spiro atoms. The van der Waals surface area contributed by atoms with Crippen molar-refractivity contribution in [2.24, 2.45) is 0 Å². The van der Waals surface area contributed by atoms with E-state index >= 15 is 0 Å². The molecular formula is C17H12ClN3O4. The Hall–Kier alpha value is -3.11. The third-order valence-electron chi connectivity index (χ3n) is 3.88. The minimum Gasteiger partial charge on any atom is -0.482 e. The maximum Gasteiger partial charge on any atom is 0.269 e. The lowest BCUT2D eigenvalue weighted by molar-refractivity contribution is -0.384. The first-order valence-electron chi connectivity index (χ1n) is 7.39. The van der Waals surface area contributed by atoms with Crippen LogP contribution in [0.2, 0.25) is 5.02 Å². The largest absolute Gasteiger partial charge is 0.482 e. The van der Waals surface area contributed by atoms with Crippen LogP contribution in [-0.4, -0.2) is 24.0 Å². The van der Waals surface area contributed by atoms with Crippen molar-refractivity contribution < 1.29 is 14.5 Å². The molecule has 0 bridgehead atoms. The highest BCUT2D eigenvalue weighted by atomic mass is 35.5. The predicted octanol–water partition coefficient (Wildman–Crippen LogP) is 3.09. The van der Waals surface area contributed by atoms with E-state index < -0.39 is 4.92 Å². The summed E-state index contributed by atoms with van der Waals surface area (Å²) in [5.41, 5.74) is 1.83. The van der Waals surface area contributed by atoms with Gasteiger partial charge >= 0.3 is 0 Å². The topological polar surface area (TPSA) is 96.5 Å². The quantitative estimate of drug-likeness (QED) is 0.618. The Balaban J connectivity index is 1.70. The first-order valence-corrected chi connectivity index (χ1v) is 7.77. The molecular weight excluding hydrogens is 346 g/mol. The number of anilines is 1. The Bertz CT molecular complexity index is 907. The highest BCUT2D eigenvalue weighted by Gasteiger charge is 2.26. The maximum atomic E-state index is 12.4. The van der Waals surface area contributed by atoms with Crippen molar-refractivity contribution in [1.82, 2.24) is 0 Å². The SMILES string of the molecule is N#Cc1ccc(OCC(=O)N2CCc3cc([N+](=O)[O-])ccc32)c(Cl)c1. The number of benzene rings is 2. The second kappa shape index (κ2) is 6.79. The van der Waals surface area contributed by atoms with Gasteiger partial charge in [-0.2, -0.15) is 5.26 Å². The van der Waals surface area contributed by atoms with Crippen LogP contribution in [-0.2, 0) is 11.2 Å². The summed E-state index contributed by atoms with van der Waals surface area (Å²) in [6.45, 7) is 0.224. The van der Waals surface area contributed by atoms with Crippen molar-refractivity contribution in [2.75, 3.05) is 18.1 Å². The zero-order valence-electron chi connectivity index (χ0n) is 12.9. The van der Waals surface area contributed by atoms with Crippen LogP contribution in [0.5, 0.6) is 5.75 Å². The molecule has 1 heterocycles. The fourth-order valence-electron chi connectivity index (χ4n) is 2.67. The van der Waals surface area contributed by atoms with E-state index in [2.05, 4.69) is 0 Å². The molecule has 2 aromatic rings. The minimum absolute atomic E-state index is 0.00802. The molecule has 25 heavy (non-hydrogen) atoms. The van der Waals surface area contributed by atoms with Gasteiger partial charge < -0.3 is 9.64 Å². The number of ether oxygens (including phenoxy) is 1. The zero-order chi connectivity index (χ0) is 18.0. The molecule has 1 aliphatic rings. The summed E-state index contributed by atoms with van der Waals surface area (Å²) < 4.78 is 5.45. The molecule has 0 unspecified atom stereocenters. The number of nitriles is 1. The average Bonchev–Trinajstić information content (AvgIpc) is 3.03. The molecule has 3 rings (SSSR count). The smallest absolute Gasteiger partial charge is 0.269 e. The summed E-state index contributed by atoms with van der Waals surface area (Å²) in [4.78, 5) is 24.3. The molecule has 0 N–H and O–H groups in total. The lowest BCUT2D eigenvalue weighted by Gasteiger charge is -2.17. The summed E-state index contributed by atoms with van der Waals surface area (Å²) in [5, 5.41) is 19.9. The predicted molar refractivity (Wildman–Crippen MR) is 90.8 cm³/mol. The lowest BCUT2D eigenvalue weighted by Crippen LogP contribution is -2.33. The van der Waals surface area contributed by atoms with E-state index in [1.807, 2.05) is 6.07 Å². The van der Waals surface area contributed by atoms with Gasteiger partial charge in [-0.25, -0.2) is 0 Å². The van der Waals surface area contributed by atoms with Crippen LogP contribution in [0.15, 0.2) is 36.4 Å². The number of nitrogens with zero attached hydrogens (tertiary/aromatic N) is 3. The van der Waals surface area contributed by atoms with E-state index in [0.717, 1.165) is 5.56 Å². The Morgan fingerprint density at radius 1 is 1.36 bits per heavy atom. The van der Waals surface area contributed by atoms with Crippen LogP contribution in [0.3, 0.4) is 0 Å². The van der Waals surface area contributed by atoms with Gasteiger partial charge in [-0.05, 0) is 36.2 Å². The molecule has 0 radical (unpaired) electrons. The molecule has 0 aliphatic carbocycles. The minimum atomic E-state index is -0.458. The maximum absolute atomic E-state index is 12.4. The van der Waals surface area contributed by atoms with Crippen LogP contribution in [0, 0.1) is 21.4 Å². The summed E-state index contributed by atoms with van der Waals surface area (Å²) in [6.07, 6.45) is 0.556. The average molecular weight is 358 g/mol. The number of nitro groups is 1. The van der Waals surface area contributed by atoms with Crippen molar-refractivity contribution >= 4 is 28.9 Å². The molecule has 0 fully saturated rings. The van der Waals surface area contributed by atoms with E-state index in [1.54, 1.807) is 12.1 Å². The van der Waals surface area contributed by atoms with Gasteiger partial charge in [-0.15, -0.1) is 0 Å². The van der Waals surface area contributed by atoms with Crippen molar-refractivity contribution in [3.05, 3.63) is 62.7 Å². The third kappa shape index (κ3) is 3.39. The molecule has 0 atom stereocenters. The molecule has 0 aromatic heterocycles. The monoisotopic (exact) mass is 357 g/mol. The number of hydrogen-bond donors (Lipinski definition) is 0. The normalized spacial score (nSPS) is 12.4. The van der Waals surface area contributed by atoms with Crippen molar-refractivity contribution in [2.45, 2.75) is 6.42 Å². The van der Waals surface area contributed by atoms with Crippen LogP contribution in [0.25, 0.3) is 0 Å². The highest BCUT2D eigenvalue weighted by molar-refractivity contribution is 6.32. The number of amides is 1. The van der Waals surface area contributed by atoms with E-state index in [4.69, 9.17) is 21.6 Å². The second-order valence-electron chi connectivity index (χ2n) is 5.41. The standard InChI is InChI=1S/C17H12ClN3O4/c18-14-7-11(9-19)1-4-16(14)25-10-17(22)20-6-5-12-8-13(21(23)24)2-3-15(12)20/h1-4,7-8H,5-6,10H2. The number of nitro benzene ring substituents is 1.